The zero-order valence-corrected chi connectivity index (χ0v) is 16.0. The Morgan fingerprint density at radius 3 is 2.56 bits per heavy atom. The van der Waals surface area contributed by atoms with Gasteiger partial charge in [-0.15, -0.1) is 0 Å². The molecule has 0 saturated carbocycles. The summed E-state index contributed by atoms with van der Waals surface area (Å²) in [4.78, 5) is 31.8. The zero-order valence-electron chi connectivity index (χ0n) is 16.0. The predicted octanol–water partition coefficient (Wildman–Crippen LogP) is 4.45. The number of hydrogen-bond donors (Lipinski definition) is 0. The fraction of sp³-hybridized carbons (Fsp3) is 0.381. The standard InChI is InChI=1S/C21H25N3O3/c1-21(2,3)27-20(26)24(17-8-5-4-6-9-17)19-12-11-16(14-22-19)18-10-7-13-23(18)15-25/h4-6,8-9,11-12,14-15,18H,7,10,13H2,1-3H3. The van der Waals surface area contributed by atoms with Gasteiger partial charge in [0.1, 0.15) is 11.4 Å². The second-order valence-electron chi connectivity index (χ2n) is 7.60. The lowest BCUT2D eigenvalue weighted by molar-refractivity contribution is -0.118. The van der Waals surface area contributed by atoms with Gasteiger partial charge in [0.15, 0.2) is 0 Å². The number of ether oxygens (including phenoxy) is 1. The summed E-state index contributed by atoms with van der Waals surface area (Å²) in [7, 11) is 0. The predicted molar refractivity (Wildman–Crippen MR) is 104 cm³/mol. The van der Waals surface area contributed by atoms with Crippen molar-refractivity contribution in [3.63, 3.8) is 0 Å². The van der Waals surface area contributed by atoms with Gasteiger partial charge in [-0.25, -0.2) is 14.7 Å². The molecule has 27 heavy (non-hydrogen) atoms. The fourth-order valence-corrected chi connectivity index (χ4v) is 3.22. The third-order valence-electron chi connectivity index (χ3n) is 4.40. The van der Waals surface area contributed by atoms with Crippen LogP contribution in [-0.2, 0) is 9.53 Å². The summed E-state index contributed by atoms with van der Waals surface area (Å²) in [6.07, 6.45) is 4.06. The van der Waals surface area contributed by atoms with Crippen LogP contribution >= 0.6 is 0 Å². The molecule has 2 amide bonds. The van der Waals surface area contributed by atoms with Gasteiger partial charge in [-0.3, -0.25) is 4.79 Å². The molecule has 0 N–H and O–H groups in total. The van der Waals surface area contributed by atoms with Crippen molar-refractivity contribution in [2.45, 2.75) is 45.3 Å². The van der Waals surface area contributed by atoms with E-state index in [4.69, 9.17) is 4.74 Å². The summed E-state index contributed by atoms with van der Waals surface area (Å²) >= 11 is 0. The van der Waals surface area contributed by atoms with Gasteiger partial charge in [0.05, 0.1) is 11.7 Å². The van der Waals surface area contributed by atoms with Crippen LogP contribution in [0.5, 0.6) is 0 Å². The molecule has 0 bridgehead atoms. The molecule has 1 aromatic heterocycles. The Bertz CT molecular complexity index is 785. The van der Waals surface area contributed by atoms with Crippen molar-refractivity contribution in [1.82, 2.24) is 9.88 Å². The van der Waals surface area contributed by atoms with E-state index in [1.165, 1.54) is 4.90 Å². The summed E-state index contributed by atoms with van der Waals surface area (Å²) in [6, 6.07) is 13.1. The highest BCUT2D eigenvalue weighted by Gasteiger charge is 2.28. The highest BCUT2D eigenvalue weighted by Crippen LogP contribution is 2.32. The monoisotopic (exact) mass is 367 g/mol. The van der Waals surface area contributed by atoms with E-state index in [-0.39, 0.29) is 6.04 Å². The first-order valence-electron chi connectivity index (χ1n) is 9.14. The lowest BCUT2D eigenvalue weighted by atomic mass is 10.1. The average molecular weight is 367 g/mol. The molecule has 142 valence electrons. The number of benzene rings is 1. The number of rotatable bonds is 4. The van der Waals surface area contributed by atoms with E-state index < -0.39 is 11.7 Å². The normalized spacial score (nSPS) is 16.9. The fourth-order valence-electron chi connectivity index (χ4n) is 3.22. The van der Waals surface area contributed by atoms with Crippen LogP contribution in [0.4, 0.5) is 16.3 Å². The Labute approximate surface area is 159 Å². The minimum atomic E-state index is -0.613. The van der Waals surface area contributed by atoms with Gasteiger partial charge in [0, 0.05) is 12.7 Å². The van der Waals surface area contributed by atoms with Gasteiger partial charge in [-0.2, -0.15) is 0 Å². The number of amides is 2. The summed E-state index contributed by atoms with van der Waals surface area (Å²) in [5, 5.41) is 0. The second kappa shape index (κ2) is 7.78. The summed E-state index contributed by atoms with van der Waals surface area (Å²) < 4.78 is 5.57. The second-order valence-corrected chi connectivity index (χ2v) is 7.60. The zero-order chi connectivity index (χ0) is 19.4. The largest absolute Gasteiger partial charge is 0.443 e. The third kappa shape index (κ3) is 4.45. The molecule has 1 aromatic carbocycles. The first-order chi connectivity index (χ1) is 12.9. The minimum absolute atomic E-state index is 0.0516. The van der Waals surface area contributed by atoms with Gasteiger partial charge in [0.25, 0.3) is 0 Å². The van der Waals surface area contributed by atoms with E-state index in [0.717, 1.165) is 31.4 Å². The maximum absolute atomic E-state index is 12.8. The highest BCUT2D eigenvalue weighted by atomic mass is 16.6. The number of para-hydroxylation sites is 1. The Hall–Kier alpha value is -2.89. The van der Waals surface area contributed by atoms with E-state index in [9.17, 15) is 9.59 Å². The lowest BCUT2D eigenvalue weighted by Gasteiger charge is -2.27. The van der Waals surface area contributed by atoms with Crippen LogP contribution in [-0.4, -0.2) is 34.5 Å². The Balaban J connectivity index is 1.90. The van der Waals surface area contributed by atoms with Gasteiger partial charge >= 0.3 is 6.09 Å². The molecule has 1 unspecified atom stereocenters. The van der Waals surface area contributed by atoms with Crippen molar-refractivity contribution in [2.75, 3.05) is 11.4 Å². The van der Waals surface area contributed by atoms with Gasteiger partial charge < -0.3 is 9.64 Å². The number of carbonyl (C=O) groups excluding carboxylic acids is 2. The van der Waals surface area contributed by atoms with E-state index >= 15 is 0 Å². The number of aromatic nitrogens is 1. The van der Waals surface area contributed by atoms with E-state index in [0.29, 0.717) is 11.5 Å². The van der Waals surface area contributed by atoms with Gasteiger partial charge in [0.2, 0.25) is 6.41 Å². The van der Waals surface area contributed by atoms with Crippen LogP contribution in [0.25, 0.3) is 0 Å². The van der Waals surface area contributed by atoms with E-state index in [2.05, 4.69) is 4.98 Å². The molecule has 1 aliphatic rings. The summed E-state index contributed by atoms with van der Waals surface area (Å²) in [6.45, 7) is 6.26. The number of likely N-dealkylation sites (tertiary alicyclic amines) is 1. The van der Waals surface area contributed by atoms with Crippen LogP contribution in [0.15, 0.2) is 48.7 Å². The Kier molecular flexibility index (Phi) is 5.44. The number of carbonyl (C=O) groups is 2. The number of hydrogen-bond acceptors (Lipinski definition) is 4. The molecule has 1 atom stereocenters. The molecule has 1 fully saturated rings. The molecule has 1 aliphatic heterocycles. The smallest absolute Gasteiger partial charge is 0.420 e. The van der Waals surface area contributed by atoms with Gasteiger partial charge in [-0.05, 0) is 57.4 Å². The number of nitrogens with zero attached hydrogens (tertiary/aromatic N) is 3. The van der Waals surface area contributed by atoms with Crippen LogP contribution < -0.4 is 4.90 Å². The van der Waals surface area contributed by atoms with Crippen molar-refractivity contribution < 1.29 is 14.3 Å². The van der Waals surface area contributed by atoms with Crippen molar-refractivity contribution in [3.05, 3.63) is 54.2 Å². The topological polar surface area (TPSA) is 62.7 Å². The van der Waals surface area contributed by atoms with Crippen molar-refractivity contribution in [3.8, 4) is 0 Å². The van der Waals surface area contributed by atoms with Crippen LogP contribution in [0.1, 0.15) is 45.2 Å². The molecule has 6 nitrogen and oxygen atoms in total. The summed E-state index contributed by atoms with van der Waals surface area (Å²) in [5.74, 6) is 0.481. The molecule has 6 heteroatoms. The molecule has 0 spiro atoms. The van der Waals surface area contributed by atoms with Crippen molar-refractivity contribution >= 4 is 24.0 Å². The molecule has 3 rings (SSSR count). The van der Waals surface area contributed by atoms with Crippen LogP contribution in [0.2, 0.25) is 0 Å². The maximum atomic E-state index is 12.8. The van der Waals surface area contributed by atoms with E-state index in [1.54, 1.807) is 17.2 Å². The first kappa shape index (κ1) is 18.9. The maximum Gasteiger partial charge on any atom is 0.420 e. The van der Waals surface area contributed by atoms with Gasteiger partial charge in [-0.1, -0.05) is 24.3 Å². The molecule has 1 saturated heterocycles. The molecule has 2 heterocycles. The molecule has 0 aliphatic carbocycles. The quantitative estimate of drug-likeness (QED) is 0.749. The minimum Gasteiger partial charge on any atom is -0.443 e. The van der Waals surface area contributed by atoms with E-state index in [1.807, 2.05) is 57.2 Å². The van der Waals surface area contributed by atoms with Crippen molar-refractivity contribution in [1.29, 1.82) is 0 Å². The highest BCUT2D eigenvalue weighted by molar-refractivity contribution is 5.95. The van der Waals surface area contributed by atoms with Crippen molar-refractivity contribution in [2.24, 2.45) is 0 Å². The molecular weight excluding hydrogens is 342 g/mol. The molecule has 2 aromatic rings. The number of anilines is 2. The van der Waals surface area contributed by atoms with Crippen LogP contribution in [0, 0.1) is 0 Å². The van der Waals surface area contributed by atoms with Crippen LogP contribution in [0.3, 0.4) is 0 Å². The third-order valence-corrected chi connectivity index (χ3v) is 4.40. The number of pyridine rings is 1. The Morgan fingerprint density at radius 2 is 1.96 bits per heavy atom. The Morgan fingerprint density at radius 1 is 1.22 bits per heavy atom. The average Bonchev–Trinajstić information content (AvgIpc) is 3.11. The summed E-state index contributed by atoms with van der Waals surface area (Å²) in [5.41, 5.74) is 1.04. The first-order valence-corrected chi connectivity index (χ1v) is 9.14. The SMILES string of the molecule is CC(C)(C)OC(=O)N(c1ccccc1)c1ccc(C2CCCN2C=O)cn1. The lowest BCUT2D eigenvalue weighted by Crippen LogP contribution is -2.34. The molecule has 0 radical (unpaired) electrons. The molecular formula is C21H25N3O3.